The van der Waals surface area contributed by atoms with Gasteiger partial charge in [0.2, 0.25) is 5.91 Å². The summed E-state index contributed by atoms with van der Waals surface area (Å²) in [5.74, 6) is 6.95. The minimum Gasteiger partial charge on any atom is -0.496 e. The third kappa shape index (κ3) is 4.14. The van der Waals surface area contributed by atoms with Gasteiger partial charge in [-0.15, -0.1) is 0 Å². The molecule has 0 aliphatic heterocycles. The lowest BCUT2D eigenvalue weighted by atomic mass is 10.3. The molecule has 0 fully saturated rings. The Morgan fingerprint density at radius 3 is 2.11 bits per heavy atom. The molecule has 1 aromatic rings. The highest BCUT2D eigenvalue weighted by atomic mass is 16.5. The van der Waals surface area contributed by atoms with Gasteiger partial charge < -0.3 is 14.2 Å². The van der Waals surface area contributed by atoms with Gasteiger partial charge in [-0.3, -0.25) is 9.80 Å². The van der Waals surface area contributed by atoms with Crippen LogP contribution in [0.1, 0.15) is 6.42 Å². The van der Waals surface area contributed by atoms with Gasteiger partial charge in [-0.25, -0.2) is 5.84 Å². The molecule has 0 saturated carbocycles. The monoisotopic (exact) mass is 254 g/mol. The zero-order chi connectivity index (χ0) is 13.5. The summed E-state index contributed by atoms with van der Waals surface area (Å²) in [6.07, 6.45) is 0.215. The molecule has 1 amide bonds. The van der Waals surface area contributed by atoms with Crippen molar-refractivity contribution in [1.29, 1.82) is 0 Å². The van der Waals surface area contributed by atoms with Crippen LogP contribution in [-0.4, -0.2) is 38.8 Å². The van der Waals surface area contributed by atoms with E-state index in [2.05, 4.69) is 0 Å². The molecule has 6 nitrogen and oxygen atoms in total. The number of benzene rings is 1. The van der Waals surface area contributed by atoms with Crippen molar-refractivity contribution in [2.45, 2.75) is 6.42 Å². The van der Waals surface area contributed by atoms with E-state index in [1.165, 1.54) is 7.05 Å². The summed E-state index contributed by atoms with van der Waals surface area (Å²) in [5.41, 5.74) is 0. The fourth-order valence-corrected chi connectivity index (χ4v) is 1.30. The predicted octanol–water partition coefficient (Wildman–Crippen LogP) is 0.805. The standard InChI is InChI=1S/C12H18N2O4/c1-14(13)12(15)4-5-18-11-7-9(16-2)6-10(8-11)17-3/h6-8H,4-5,13H2,1-3H3. The SMILES string of the molecule is COc1cc(OC)cc(OCCC(=O)N(C)N)c1. The molecule has 1 rings (SSSR count). The van der Waals surface area contributed by atoms with Crippen LogP contribution < -0.4 is 20.1 Å². The summed E-state index contributed by atoms with van der Waals surface area (Å²) in [6, 6.07) is 5.18. The maximum absolute atomic E-state index is 11.3. The Morgan fingerprint density at radius 2 is 1.67 bits per heavy atom. The Labute approximate surface area is 106 Å². The molecule has 0 spiro atoms. The third-order valence-electron chi connectivity index (χ3n) is 2.30. The normalized spacial score (nSPS) is 9.78. The first-order chi connectivity index (χ1) is 8.56. The number of hydrogen-bond acceptors (Lipinski definition) is 5. The molecule has 0 heterocycles. The van der Waals surface area contributed by atoms with Gasteiger partial charge in [-0.1, -0.05) is 0 Å². The van der Waals surface area contributed by atoms with Crippen molar-refractivity contribution in [3.05, 3.63) is 18.2 Å². The zero-order valence-electron chi connectivity index (χ0n) is 10.8. The molecule has 18 heavy (non-hydrogen) atoms. The first kappa shape index (κ1) is 14.1. The molecule has 0 bridgehead atoms. The van der Waals surface area contributed by atoms with Crippen LogP contribution in [0.5, 0.6) is 17.2 Å². The van der Waals surface area contributed by atoms with Gasteiger partial charge in [0, 0.05) is 25.2 Å². The lowest BCUT2D eigenvalue weighted by Gasteiger charge is -2.12. The van der Waals surface area contributed by atoms with E-state index in [0.717, 1.165) is 5.01 Å². The molecule has 6 heteroatoms. The first-order valence-electron chi connectivity index (χ1n) is 5.44. The second-order valence-electron chi connectivity index (χ2n) is 3.65. The van der Waals surface area contributed by atoms with Gasteiger partial charge in [-0.2, -0.15) is 0 Å². The van der Waals surface area contributed by atoms with Crippen molar-refractivity contribution in [3.63, 3.8) is 0 Å². The fourth-order valence-electron chi connectivity index (χ4n) is 1.30. The van der Waals surface area contributed by atoms with Crippen LogP contribution in [0.2, 0.25) is 0 Å². The van der Waals surface area contributed by atoms with Gasteiger partial charge in [0.25, 0.3) is 0 Å². The summed E-state index contributed by atoms with van der Waals surface area (Å²) in [4.78, 5) is 11.3. The van der Waals surface area contributed by atoms with Gasteiger partial charge in [0.1, 0.15) is 17.2 Å². The number of amides is 1. The summed E-state index contributed by atoms with van der Waals surface area (Å²) in [7, 11) is 4.62. The van der Waals surface area contributed by atoms with Crippen molar-refractivity contribution in [2.24, 2.45) is 5.84 Å². The van der Waals surface area contributed by atoms with E-state index in [1.54, 1.807) is 32.4 Å². The summed E-state index contributed by atoms with van der Waals surface area (Å²) >= 11 is 0. The van der Waals surface area contributed by atoms with Crippen LogP contribution in [0.4, 0.5) is 0 Å². The number of carbonyl (C=O) groups excluding carboxylic acids is 1. The van der Waals surface area contributed by atoms with E-state index in [0.29, 0.717) is 17.2 Å². The van der Waals surface area contributed by atoms with Crippen LogP contribution in [0, 0.1) is 0 Å². The van der Waals surface area contributed by atoms with E-state index in [-0.39, 0.29) is 18.9 Å². The van der Waals surface area contributed by atoms with Crippen molar-refractivity contribution < 1.29 is 19.0 Å². The number of hydrazine groups is 1. The number of hydrogen-bond donors (Lipinski definition) is 1. The van der Waals surface area contributed by atoms with Crippen LogP contribution in [0.25, 0.3) is 0 Å². The van der Waals surface area contributed by atoms with Crippen LogP contribution in [0.15, 0.2) is 18.2 Å². The smallest absolute Gasteiger partial charge is 0.239 e. The Hall–Kier alpha value is -1.95. The average molecular weight is 254 g/mol. The summed E-state index contributed by atoms with van der Waals surface area (Å²) in [6.45, 7) is 0.247. The van der Waals surface area contributed by atoms with E-state index >= 15 is 0 Å². The quantitative estimate of drug-likeness (QED) is 0.462. The van der Waals surface area contributed by atoms with Gasteiger partial charge in [-0.05, 0) is 0 Å². The molecular formula is C12H18N2O4. The number of nitrogens with two attached hydrogens (primary N) is 1. The van der Waals surface area contributed by atoms with Crippen molar-refractivity contribution in [1.82, 2.24) is 5.01 Å². The van der Waals surface area contributed by atoms with Crippen molar-refractivity contribution >= 4 is 5.91 Å². The molecule has 0 aliphatic rings. The second kappa shape index (κ2) is 6.70. The molecule has 100 valence electrons. The van der Waals surface area contributed by atoms with E-state index < -0.39 is 0 Å². The summed E-state index contributed by atoms with van der Waals surface area (Å²) in [5, 5.41) is 1.04. The largest absolute Gasteiger partial charge is 0.496 e. The minimum atomic E-state index is -0.190. The van der Waals surface area contributed by atoms with E-state index in [9.17, 15) is 4.79 Å². The molecule has 0 unspecified atom stereocenters. The molecular weight excluding hydrogens is 236 g/mol. The number of rotatable bonds is 6. The van der Waals surface area contributed by atoms with Crippen LogP contribution in [0.3, 0.4) is 0 Å². The molecule has 2 N–H and O–H groups in total. The van der Waals surface area contributed by atoms with Gasteiger partial charge in [0.15, 0.2) is 0 Å². The van der Waals surface area contributed by atoms with Gasteiger partial charge >= 0.3 is 0 Å². The van der Waals surface area contributed by atoms with Crippen LogP contribution >= 0.6 is 0 Å². The Kier molecular flexibility index (Phi) is 5.26. The van der Waals surface area contributed by atoms with Crippen molar-refractivity contribution in [2.75, 3.05) is 27.9 Å². The fraction of sp³-hybridized carbons (Fsp3) is 0.417. The zero-order valence-corrected chi connectivity index (χ0v) is 10.8. The highest BCUT2D eigenvalue weighted by Crippen LogP contribution is 2.27. The number of nitrogens with zero attached hydrogens (tertiary/aromatic N) is 1. The molecule has 0 aliphatic carbocycles. The topological polar surface area (TPSA) is 74.0 Å². The van der Waals surface area contributed by atoms with E-state index in [1.807, 2.05) is 0 Å². The van der Waals surface area contributed by atoms with E-state index in [4.69, 9.17) is 20.1 Å². The lowest BCUT2D eigenvalue weighted by molar-refractivity contribution is -0.130. The molecule has 0 saturated heterocycles. The predicted molar refractivity (Wildman–Crippen MR) is 66.6 cm³/mol. The molecule has 1 aromatic carbocycles. The first-order valence-corrected chi connectivity index (χ1v) is 5.44. The van der Waals surface area contributed by atoms with Crippen LogP contribution in [-0.2, 0) is 4.79 Å². The number of carbonyl (C=O) groups is 1. The summed E-state index contributed by atoms with van der Waals surface area (Å²) < 4.78 is 15.7. The van der Waals surface area contributed by atoms with Crippen molar-refractivity contribution in [3.8, 4) is 17.2 Å². The maximum atomic E-state index is 11.3. The number of methoxy groups -OCH3 is 2. The molecule has 0 atom stereocenters. The molecule has 0 radical (unpaired) electrons. The second-order valence-corrected chi connectivity index (χ2v) is 3.65. The Balaban J connectivity index is 2.58. The lowest BCUT2D eigenvalue weighted by Crippen LogP contribution is -2.33. The Morgan fingerprint density at radius 1 is 1.17 bits per heavy atom. The highest BCUT2D eigenvalue weighted by Gasteiger charge is 2.06. The maximum Gasteiger partial charge on any atom is 0.239 e. The molecule has 0 aromatic heterocycles. The highest BCUT2D eigenvalue weighted by molar-refractivity contribution is 5.75. The third-order valence-corrected chi connectivity index (χ3v) is 2.30. The minimum absolute atomic E-state index is 0.190. The van der Waals surface area contributed by atoms with Gasteiger partial charge in [0.05, 0.1) is 27.2 Å². The number of ether oxygens (including phenoxy) is 3. The average Bonchev–Trinajstić information content (AvgIpc) is 2.37. The Bertz CT molecular complexity index is 385.